The van der Waals surface area contributed by atoms with Crippen LogP contribution in [0.4, 0.5) is 0 Å². The van der Waals surface area contributed by atoms with Gasteiger partial charge in [0.1, 0.15) is 0 Å². The summed E-state index contributed by atoms with van der Waals surface area (Å²) in [5.41, 5.74) is 0.0610. The molecule has 1 heterocycles. The third-order valence-electron chi connectivity index (χ3n) is 2.71. The summed E-state index contributed by atoms with van der Waals surface area (Å²) in [5.74, 6) is 0. The molecule has 0 amide bonds. The first-order valence-electron chi connectivity index (χ1n) is 4.59. The molecule has 1 saturated heterocycles. The summed E-state index contributed by atoms with van der Waals surface area (Å²) in [6.07, 6.45) is 4.39. The lowest BCUT2D eigenvalue weighted by molar-refractivity contribution is -0.105. The maximum absolute atomic E-state index is 5.94. The summed E-state index contributed by atoms with van der Waals surface area (Å²) < 4.78 is 5.94. The van der Waals surface area contributed by atoms with E-state index in [1.807, 2.05) is 0 Å². The Balaban J connectivity index is 2.02. The third-order valence-corrected chi connectivity index (χ3v) is 2.71. The van der Waals surface area contributed by atoms with Crippen LogP contribution in [0, 0.1) is 0 Å². The van der Waals surface area contributed by atoms with Crippen LogP contribution >= 0.6 is 0 Å². The molecule has 1 aliphatic carbocycles. The van der Waals surface area contributed by atoms with Gasteiger partial charge in [-0.2, -0.15) is 0 Å². The predicted molar refractivity (Wildman–Crippen MR) is 44.6 cm³/mol. The number of hydrogen-bond donors (Lipinski definition) is 1. The van der Waals surface area contributed by atoms with Crippen LogP contribution in [0.2, 0.25) is 0 Å². The average Bonchev–Trinajstić information content (AvgIpc) is 2.31. The van der Waals surface area contributed by atoms with Crippen molar-refractivity contribution in [3.05, 3.63) is 0 Å². The van der Waals surface area contributed by atoms with Crippen LogP contribution in [0.5, 0.6) is 0 Å². The third kappa shape index (κ3) is 1.42. The zero-order valence-electron chi connectivity index (χ0n) is 7.39. The van der Waals surface area contributed by atoms with Gasteiger partial charge < -0.3 is 10.1 Å². The molecule has 2 rings (SSSR count). The SMILES string of the molecule is CC1(C)CN[C@H]2CCC[C@H]2O1. The second-order valence-corrected chi connectivity index (χ2v) is 4.33. The van der Waals surface area contributed by atoms with Gasteiger partial charge in [0.25, 0.3) is 0 Å². The first-order chi connectivity index (χ1) is 5.17. The molecule has 0 spiro atoms. The minimum absolute atomic E-state index is 0.0610. The number of rotatable bonds is 0. The molecule has 2 nitrogen and oxygen atoms in total. The zero-order chi connectivity index (χ0) is 7.90. The summed E-state index contributed by atoms with van der Waals surface area (Å²) in [6.45, 7) is 5.33. The van der Waals surface area contributed by atoms with Gasteiger partial charge in [-0.15, -0.1) is 0 Å². The van der Waals surface area contributed by atoms with E-state index in [4.69, 9.17) is 4.74 Å². The molecule has 1 aliphatic heterocycles. The maximum Gasteiger partial charge on any atom is 0.0755 e. The lowest BCUT2D eigenvalue weighted by Gasteiger charge is -2.39. The van der Waals surface area contributed by atoms with Crippen molar-refractivity contribution in [1.29, 1.82) is 0 Å². The van der Waals surface area contributed by atoms with E-state index in [2.05, 4.69) is 19.2 Å². The molecule has 2 atom stereocenters. The van der Waals surface area contributed by atoms with Gasteiger partial charge in [-0.25, -0.2) is 0 Å². The highest BCUT2D eigenvalue weighted by molar-refractivity contribution is 4.92. The highest BCUT2D eigenvalue weighted by Gasteiger charge is 2.37. The van der Waals surface area contributed by atoms with Crippen LogP contribution in [-0.4, -0.2) is 24.3 Å². The van der Waals surface area contributed by atoms with Crippen LogP contribution in [0.15, 0.2) is 0 Å². The van der Waals surface area contributed by atoms with E-state index in [9.17, 15) is 0 Å². The molecular formula is C9H17NO. The fourth-order valence-corrected chi connectivity index (χ4v) is 2.13. The first-order valence-corrected chi connectivity index (χ1v) is 4.59. The van der Waals surface area contributed by atoms with Gasteiger partial charge in [0.2, 0.25) is 0 Å². The summed E-state index contributed by atoms with van der Waals surface area (Å²) in [6, 6.07) is 0.656. The Kier molecular flexibility index (Phi) is 1.69. The highest BCUT2D eigenvalue weighted by atomic mass is 16.5. The molecule has 1 saturated carbocycles. The average molecular weight is 155 g/mol. The van der Waals surface area contributed by atoms with Gasteiger partial charge in [-0.1, -0.05) is 0 Å². The molecule has 11 heavy (non-hydrogen) atoms. The Morgan fingerprint density at radius 3 is 3.00 bits per heavy atom. The van der Waals surface area contributed by atoms with E-state index >= 15 is 0 Å². The number of hydrogen-bond acceptors (Lipinski definition) is 2. The van der Waals surface area contributed by atoms with Gasteiger partial charge in [0.05, 0.1) is 11.7 Å². The van der Waals surface area contributed by atoms with Crippen LogP contribution in [0.25, 0.3) is 0 Å². The van der Waals surface area contributed by atoms with E-state index in [0.717, 1.165) is 6.54 Å². The van der Waals surface area contributed by atoms with Crippen molar-refractivity contribution < 1.29 is 4.74 Å². The zero-order valence-corrected chi connectivity index (χ0v) is 7.39. The Labute approximate surface area is 68.3 Å². The van der Waals surface area contributed by atoms with E-state index in [1.54, 1.807) is 0 Å². The van der Waals surface area contributed by atoms with E-state index in [0.29, 0.717) is 12.1 Å². The molecule has 64 valence electrons. The van der Waals surface area contributed by atoms with Gasteiger partial charge in [-0.05, 0) is 33.1 Å². The minimum Gasteiger partial charge on any atom is -0.369 e. The van der Waals surface area contributed by atoms with E-state index in [-0.39, 0.29) is 5.60 Å². The molecule has 0 aromatic carbocycles. The number of morpholine rings is 1. The molecule has 2 fully saturated rings. The standard InChI is InChI=1S/C9H17NO/c1-9(2)6-10-7-4-3-5-8(7)11-9/h7-8,10H,3-6H2,1-2H3/t7-,8+/m0/s1. The number of ether oxygens (including phenoxy) is 1. The Hall–Kier alpha value is -0.0800. The van der Waals surface area contributed by atoms with Crippen LogP contribution < -0.4 is 5.32 Å². The van der Waals surface area contributed by atoms with Crippen LogP contribution in [-0.2, 0) is 4.74 Å². The Morgan fingerprint density at radius 1 is 1.36 bits per heavy atom. The Morgan fingerprint density at radius 2 is 2.18 bits per heavy atom. The van der Waals surface area contributed by atoms with Crippen molar-refractivity contribution in [2.45, 2.75) is 50.9 Å². The van der Waals surface area contributed by atoms with Gasteiger partial charge >= 0.3 is 0 Å². The molecule has 0 aromatic heterocycles. The number of fused-ring (bicyclic) bond motifs is 1. The lowest BCUT2D eigenvalue weighted by atomic mass is 10.0. The highest BCUT2D eigenvalue weighted by Crippen LogP contribution is 2.29. The van der Waals surface area contributed by atoms with Gasteiger partial charge in [0.15, 0.2) is 0 Å². The maximum atomic E-state index is 5.94. The second kappa shape index (κ2) is 2.46. The molecular weight excluding hydrogens is 138 g/mol. The topological polar surface area (TPSA) is 21.3 Å². The van der Waals surface area contributed by atoms with Crippen molar-refractivity contribution >= 4 is 0 Å². The molecule has 0 aromatic rings. The van der Waals surface area contributed by atoms with Crippen LogP contribution in [0.1, 0.15) is 33.1 Å². The monoisotopic (exact) mass is 155 g/mol. The molecule has 2 aliphatic rings. The molecule has 2 heteroatoms. The smallest absolute Gasteiger partial charge is 0.0755 e. The molecule has 1 N–H and O–H groups in total. The summed E-state index contributed by atoms with van der Waals surface area (Å²) >= 11 is 0. The molecule has 0 bridgehead atoms. The van der Waals surface area contributed by atoms with Gasteiger partial charge in [0, 0.05) is 12.6 Å². The Bertz CT molecular complexity index is 156. The molecule has 0 unspecified atom stereocenters. The normalized spacial score (nSPS) is 42.0. The quantitative estimate of drug-likeness (QED) is 0.569. The fourth-order valence-electron chi connectivity index (χ4n) is 2.13. The summed E-state index contributed by atoms with van der Waals surface area (Å²) in [4.78, 5) is 0. The minimum atomic E-state index is 0.0610. The summed E-state index contributed by atoms with van der Waals surface area (Å²) in [5, 5.41) is 3.55. The number of nitrogens with one attached hydrogen (secondary N) is 1. The molecule has 0 radical (unpaired) electrons. The van der Waals surface area contributed by atoms with E-state index < -0.39 is 0 Å². The summed E-state index contributed by atoms with van der Waals surface area (Å²) in [7, 11) is 0. The fraction of sp³-hybridized carbons (Fsp3) is 1.00. The van der Waals surface area contributed by atoms with Crippen LogP contribution in [0.3, 0.4) is 0 Å². The largest absolute Gasteiger partial charge is 0.369 e. The first kappa shape index (κ1) is 7.56. The van der Waals surface area contributed by atoms with Crippen molar-refractivity contribution in [2.24, 2.45) is 0 Å². The van der Waals surface area contributed by atoms with Crippen molar-refractivity contribution in [3.8, 4) is 0 Å². The van der Waals surface area contributed by atoms with E-state index in [1.165, 1.54) is 19.3 Å². The lowest BCUT2D eigenvalue weighted by Crippen LogP contribution is -2.54. The van der Waals surface area contributed by atoms with Crippen molar-refractivity contribution in [1.82, 2.24) is 5.32 Å². The van der Waals surface area contributed by atoms with Crippen molar-refractivity contribution in [2.75, 3.05) is 6.54 Å². The second-order valence-electron chi connectivity index (χ2n) is 4.33. The van der Waals surface area contributed by atoms with Crippen molar-refractivity contribution in [3.63, 3.8) is 0 Å². The van der Waals surface area contributed by atoms with Gasteiger partial charge in [-0.3, -0.25) is 0 Å². The predicted octanol–water partition coefficient (Wildman–Crippen LogP) is 1.31.